The zero-order valence-electron chi connectivity index (χ0n) is 9.82. The second-order valence-corrected chi connectivity index (χ2v) is 3.56. The Bertz CT molecular complexity index is 613. The van der Waals surface area contributed by atoms with Crippen LogP contribution >= 0.6 is 0 Å². The molecule has 0 saturated heterocycles. The number of amides is 1. The number of hydrogen-bond acceptors (Lipinski definition) is 5. The van der Waals surface area contributed by atoms with Crippen molar-refractivity contribution in [3.8, 4) is 0 Å². The summed E-state index contributed by atoms with van der Waals surface area (Å²) >= 11 is 0. The van der Waals surface area contributed by atoms with Gasteiger partial charge in [0, 0.05) is 18.0 Å². The molecule has 0 aliphatic carbocycles. The van der Waals surface area contributed by atoms with E-state index in [1.165, 1.54) is 12.4 Å². The van der Waals surface area contributed by atoms with E-state index in [1.54, 1.807) is 30.3 Å². The fourth-order valence-electron chi connectivity index (χ4n) is 1.43. The van der Waals surface area contributed by atoms with E-state index >= 15 is 0 Å². The highest BCUT2D eigenvalue weighted by molar-refractivity contribution is 6.08. The van der Waals surface area contributed by atoms with Crippen molar-refractivity contribution in [1.82, 2.24) is 9.97 Å². The molecule has 2 aromatic rings. The van der Waals surface area contributed by atoms with E-state index in [4.69, 9.17) is 10.9 Å². The largest absolute Gasteiger partial charge is 0.409 e. The van der Waals surface area contributed by atoms with Gasteiger partial charge in [0.15, 0.2) is 17.3 Å². The number of aromatic nitrogens is 2. The maximum atomic E-state index is 12.0. The summed E-state index contributed by atoms with van der Waals surface area (Å²) in [6, 6.07) is 8.62. The highest BCUT2D eigenvalue weighted by atomic mass is 16.4. The molecule has 0 unspecified atom stereocenters. The molecule has 2 rings (SSSR count). The Morgan fingerprint density at radius 3 is 2.58 bits per heavy atom. The number of rotatable bonds is 3. The Balaban J connectivity index is 2.27. The average Bonchev–Trinajstić information content (AvgIpc) is 2.48. The predicted molar refractivity (Wildman–Crippen MR) is 68.9 cm³/mol. The molecular weight excluding hydrogens is 246 g/mol. The Labute approximate surface area is 108 Å². The van der Waals surface area contributed by atoms with Crippen LogP contribution in [-0.4, -0.2) is 26.9 Å². The zero-order valence-corrected chi connectivity index (χ0v) is 9.82. The lowest BCUT2D eigenvalue weighted by molar-refractivity contribution is 0.102. The van der Waals surface area contributed by atoms with Crippen LogP contribution in [0.1, 0.15) is 16.1 Å². The number of oxime groups is 1. The summed E-state index contributed by atoms with van der Waals surface area (Å²) in [6.45, 7) is 0. The molecule has 0 aliphatic heterocycles. The highest BCUT2D eigenvalue weighted by Crippen LogP contribution is 2.10. The molecular formula is C12H11N5O2. The first-order valence-corrected chi connectivity index (χ1v) is 5.37. The van der Waals surface area contributed by atoms with E-state index in [0.29, 0.717) is 5.56 Å². The van der Waals surface area contributed by atoms with E-state index in [1.807, 2.05) is 0 Å². The predicted octanol–water partition coefficient (Wildman–Crippen LogP) is 0.823. The van der Waals surface area contributed by atoms with Crippen LogP contribution in [0.5, 0.6) is 0 Å². The van der Waals surface area contributed by atoms with Crippen LogP contribution in [0.2, 0.25) is 0 Å². The van der Waals surface area contributed by atoms with Gasteiger partial charge in [0.05, 0.1) is 0 Å². The van der Waals surface area contributed by atoms with Crippen molar-refractivity contribution < 1.29 is 10.0 Å². The van der Waals surface area contributed by atoms with E-state index in [2.05, 4.69) is 20.4 Å². The van der Waals surface area contributed by atoms with Crippen LogP contribution in [0.25, 0.3) is 0 Å². The highest BCUT2D eigenvalue weighted by Gasteiger charge is 2.13. The van der Waals surface area contributed by atoms with Crippen LogP contribution in [0, 0.1) is 0 Å². The topological polar surface area (TPSA) is 113 Å². The van der Waals surface area contributed by atoms with Gasteiger partial charge in [0.25, 0.3) is 5.91 Å². The molecule has 7 heteroatoms. The van der Waals surface area contributed by atoms with Crippen LogP contribution in [-0.2, 0) is 0 Å². The number of hydrogen-bond donors (Lipinski definition) is 3. The minimum atomic E-state index is -0.354. The lowest BCUT2D eigenvalue weighted by atomic mass is 10.2. The van der Waals surface area contributed by atoms with E-state index in [-0.39, 0.29) is 23.3 Å². The molecule has 7 nitrogen and oxygen atoms in total. The van der Waals surface area contributed by atoms with Gasteiger partial charge in [0.2, 0.25) is 0 Å². The first-order chi connectivity index (χ1) is 9.22. The van der Waals surface area contributed by atoms with Crippen LogP contribution in [0.4, 0.5) is 5.82 Å². The van der Waals surface area contributed by atoms with Gasteiger partial charge in [-0.05, 0) is 12.1 Å². The molecule has 0 fully saturated rings. The molecule has 0 atom stereocenters. The van der Waals surface area contributed by atoms with Gasteiger partial charge in [0.1, 0.15) is 0 Å². The minimum absolute atomic E-state index is 0.106. The normalized spacial score (nSPS) is 11.1. The quantitative estimate of drug-likeness (QED) is 0.326. The molecule has 19 heavy (non-hydrogen) atoms. The number of nitrogens with two attached hydrogens (primary N) is 1. The third kappa shape index (κ3) is 2.83. The smallest absolute Gasteiger partial charge is 0.256 e. The van der Waals surface area contributed by atoms with Crippen molar-refractivity contribution in [2.24, 2.45) is 10.9 Å². The van der Waals surface area contributed by atoms with Crippen LogP contribution in [0.3, 0.4) is 0 Å². The van der Waals surface area contributed by atoms with Crippen molar-refractivity contribution in [3.05, 3.63) is 54.0 Å². The maximum absolute atomic E-state index is 12.0. The summed E-state index contributed by atoms with van der Waals surface area (Å²) in [7, 11) is 0. The van der Waals surface area contributed by atoms with Crippen molar-refractivity contribution in [1.29, 1.82) is 0 Å². The first kappa shape index (κ1) is 12.5. The lowest BCUT2D eigenvalue weighted by Gasteiger charge is -2.07. The molecule has 0 aliphatic rings. The van der Waals surface area contributed by atoms with Gasteiger partial charge in [-0.25, -0.2) is 9.97 Å². The van der Waals surface area contributed by atoms with Crippen molar-refractivity contribution >= 4 is 17.6 Å². The van der Waals surface area contributed by atoms with Crippen molar-refractivity contribution in [3.63, 3.8) is 0 Å². The second kappa shape index (κ2) is 5.58. The van der Waals surface area contributed by atoms with Crippen molar-refractivity contribution in [2.75, 3.05) is 5.32 Å². The van der Waals surface area contributed by atoms with E-state index in [0.717, 1.165) is 0 Å². The van der Waals surface area contributed by atoms with Gasteiger partial charge in [-0.3, -0.25) is 4.79 Å². The number of nitrogens with zero attached hydrogens (tertiary/aromatic N) is 3. The fraction of sp³-hybridized carbons (Fsp3) is 0. The third-order valence-electron chi connectivity index (χ3n) is 2.32. The third-order valence-corrected chi connectivity index (χ3v) is 2.32. The molecule has 1 aromatic carbocycles. The summed E-state index contributed by atoms with van der Waals surface area (Å²) < 4.78 is 0. The first-order valence-electron chi connectivity index (χ1n) is 5.37. The second-order valence-electron chi connectivity index (χ2n) is 3.56. The van der Waals surface area contributed by atoms with Gasteiger partial charge in [-0.2, -0.15) is 0 Å². The van der Waals surface area contributed by atoms with Gasteiger partial charge >= 0.3 is 0 Å². The molecule has 0 bridgehead atoms. The number of anilines is 1. The van der Waals surface area contributed by atoms with Crippen LogP contribution < -0.4 is 11.1 Å². The Hall–Kier alpha value is -2.96. The van der Waals surface area contributed by atoms with Crippen molar-refractivity contribution in [2.45, 2.75) is 0 Å². The Kier molecular flexibility index (Phi) is 3.67. The standard InChI is InChI=1S/C12H11N5O2/c13-10(17-19)9-11(15-7-6-14-9)16-12(18)8-4-2-1-3-5-8/h1-7,19H,(H2,13,17)(H,15,16,18). The lowest BCUT2D eigenvalue weighted by Crippen LogP contribution is -2.21. The molecule has 1 amide bonds. The number of nitrogens with one attached hydrogen (secondary N) is 1. The summed E-state index contributed by atoms with van der Waals surface area (Å²) in [6.07, 6.45) is 2.78. The Morgan fingerprint density at radius 1 is 1.21 bits per heavy atom. The zero-order chi connectivity index (χ0) is 13.7. The summed E-state index contributed by atoms with van der Waals surface area (Å²) in [5, 5.41) is 14.0. The molecule has 0 spiro atoms. The molecule has 1 aromatic heterocycles. The molecule has 4 N–H and O–H groups in total. The number of carbonyl (C=O) groups is 1. The molecule has 1 heterocycles. The molecule has 96 valence electrons. The molecule has 0 radical (unpaired) electrons. The van der Waals surface area contributed by atoms with E-state index in [9.17, 15) is 4.79 Å². The summed E-state index contributed by atoms with van der Waals surface area (Å²) in [5.41, 5.74) is 6.03. The number of carbonyl (C=O) groups excluding carboxylic acids is 1. The molecule has 0 saturated carbocycles. The summed E-state index contributed by atoms with van der Waals surface area (Å²) in [4.78, 5) is 19.8. The average molecular weight is 257 g/mol. The maximum Gasteiger partial charge on any atom is 0.256 e. The SMILES string of the molecule is N/C(=N\O)c1nccnc1NC(=O)c1ccccc1. The van der Waals surface area contributed by atoms with E-state index < -0.39 is 0 Å². The fourth-order valence-corrected chi connectivity index (χ4v) is 1.43. The number of amidine groups is 1. The Morgan fingerprint density at radius 2 is 1.89 bits per heavy atom. The van der Waals surface area contributed by atoms with Gasteiger partial charge < -0.3 is 16.3 Å². The van der Waals surface area contributed by atoms with Crippen LogP contribution in [0.15, 0.2) is 47.9 Å². The minimum Gasteiger partial charge on any atom is -0.409 e. The van der Waals surface area contributed by atoms with Gasteiger partial charge in [-0.15, -0.1) is 0 Å². The number of benzene rings is 1. The monoisotopic (exact) mass is 257 g/mol. The van der Waals surface area contributed by atoms with Gasteiger partial charge in [-0.1, -0.05) is 23.4 Å². The summed E-state index contributed by atoms with van der Waals surface area (Å²) in [5.74, 6) is -0.448.